The SMILES string of the molecule is CCc1cnc(Cl)nc1-c1c[nH]c2ncc(Cl)cc12. The highest BCUT2D eigenvalue weighted by Gasteiger charge is 2.13. The quantitative estimate of drug-likeness (QED) is 0.729. The zero-order valence-corrected chi connectivity index (χ0v) is 11.6. The lowest BCUT2D eigenvalue weighted by Gasteiger charge is -2.05. The second-order valence-corrected chi connectivity index (χ2v) is 4.89. The summed E-state index contributed by atoms with van der Waals surface area (Å²) in [5.74, 6) is 0. The predicted molar refractivity (Wildman–Crippen MR) is 76.5 cm³/mol. The first kappa shape index (κ1) is 12.4. The van der Waals surface area contributed by atoms with Crippen LogP contribution < -0.4 is 0 Å². The van der Waals surface area contributed by atoms with E-state index in [2.05, 4.69) is 26.9 Å². The summed E-state index contributed by atoms with van der Waals surface area (Å²) in [6, 6.07) is 1.87. The fourth-order valence-electron chi connectivity index (χ4n) is 2.05. The molecule has 0 saturated heterocycles. The normalized spacial score (nSPS) is 11.1. The molecule has 3 aromatic heterocycles. The summed E-state index contributed by atoms with van der Waals surface area (Å²) in [5, 5.41) is 1.75. The highest BCUT2D eigenvalue weighted by atomic mass is 35.5. The van der Waals surface area contributed by atoms with Gasteiger partial charge < -0.3 is 4.98 Å². The maximum absolute atomic E-state index is 6.00. The van der Waals surface area contributed by atoms with Crippen LogP contribution >= 0.6 is 23.2 Å². The van der Waals surface area contributed by atoms with Crippen molar-refractivity contribution in [3.05, 3.63) is 40.5 Å². The summed E-state index contributed by atoms with van der Waals surface area (Å²) in [4.78, 5) is 15.7. The molecule has 0 bridgehead atoms. The number of nitrogens with zero attached hydrogens (tertiary/aromatic N) is 3. The Kier molecular flexibility index (Phi) is 3.12. The third-order valence-electron chi connectivity index (χ3n) is 2.97. The number of nitrogens with one attached hydrogen (secondary N) is 1. The standard InChI is InChI=1S/C13H10Cl2N4/c1-2-7-4-18-13(15)19-11(7)10-6-17-12-9(10)3-8(14)5-16-12/h3-6H,2H2,1H3,(H,16,17). The van der Waals surface area contributed by atoms with Crippen LogP contribution in [0.3, 0.4) is 0 Å². The summed E-state index contributed by atoms with van der Waals surface area (Å²) in [5.41, 5.74) is 3.56. The summed E-state index contributed by atoms with van der Waals surface area (Å²) >= 11 is 11.9. The topological polar surface area (TPSA) is 54.5 Å². The molecule has 19 heavy (non-hydrogen) atoms. The first-order valence-corrected chi connectivity index (χ1v) is 6.59. The van der Waals surface area contributed by atoms with Gasteiger partial charge in [0.1, 0.15) is 5.65 Å². The Morgan fingerprint density at radius 1 is 1.21 bits per heavy atom. The summed E-state index contributed by atoms with van der Waals surface area (Å²) in [6.07, 6.45) is 6.05. The highest BCUT2D eigenvalue weighted by Crippen LogP contribution is 2.30. The van der Waals surface area contributed by atoms with Crippen molar-refractivity contribution in [1.82, 2.24) is 19.9 Å². The molecule has 4 nitrogen and oxygen atoms in total. The van der Waals surface area contributed by atoms with E-state index in [9.17, 15) is 0 Å². The van der Waals surface area contributed by atoms with Gasteiger partial charge in [-0.2, -0.15) is 0 Å². The van der Waals surface area contributed by atoms with Crippen LogP contribution in [-0.4, -0.2) is 19.9 Å². The number of hydrogen-bond donors (Lipinski definition) is 1. The van der Waals surface area contributed by atoms with Crippen molar-refractivity contribution >= 4 is 34.2 Å². The van der Waals surface area contributed by atoms with Crippen molar-refractivity contribution in [2.45, 2.75) is 13.3 Å². The molecule has 3 heterocycles. The van der Waals surface area contributed by atoms with E-state index in [1.54, 1.807) is 12.4 Å². The highest BCUT2D eigenvalue weighted by molar-refractivity contribution is 6.31. The van der Waals surface area contributed by atoms with Crippen LogP contribution in [0.25, 0.3) is 22.3 Å². The van der Waals surface area contributed by atoms with Crippen LogP contribution in [0.4, 0.5) is 0 Å². The van der Waals surface area contributed by atoms with E-state index in [-0.39, 0.29) is 5.28 Å². The Morgan fingerprint density at radius 2 is 2.05 bits per heavy atom. The van der Waals surface area contributed by atoms with Crippen molar-refractivity contribution < 1.29 is 0 Å². The molecule has 3 aromatic rings. The zero-order chi connectivity index (χ0) is 13.4. The summed E-state index contributed by atoms with van der Waals surface area (Å²) < 4.78 is 0. The number of aromatic amines is 1. The van der Waals surface area contributed by atoms with E-state index in [1.807, 2.05) is 12.3 Å². The molecular weight excluding hydrogens is 283 g/mol. The molecule has 0 aliphatic rings. The fraction of sp³-hybridized carbons (Fsp3) is 0.154. The van der Waals surface area contributed by atoms with E-state index in [0.29, 0.717) is 5.02 Å². The fourth-order valence-corrected chi connectivity index (χ4v) is 2.34. The van der Waals surface area contributed by atoms with Crippen LogP contribution in [0.15, 0.2) is 24.7 Å². The Labute approximate surface area is 119 Å². The molecule has 0 aliphatic heterocycles. The lowest BCUT2D eigenvalue weighted by Crippen LogP contribution is -1.94. The van der Waals surface area contributed by atoms with Crippen LogP contribution in [-0.2, 0) is 6.42 Å². The summed E-state index contributed by atoms with van der Waals surface area (Å²) in [6.45, 7) is 2.05. The number of aromatic nitrogens is 4. The Bertz CT molecular complexity index is 751. The van der Waals surface area contributed by atoms with E-state index < -0.39 is 0 Å². The van der Waals surface area contributed by atoms with E-state index in [0.717, 1.165) is 34.3 Å². The average Bonchev–Trinajstić information content (AvgIpc) is 2.81. The smallest absolute Gasteiger partial charge is 0.222 e. The Balaban J connectivity index is 2.29. The minimum atomic E-state index is 0.233. The van der Waals surface area contributed by atoms with Gasteiger partial charge in [-0.3, -0.25) is 0 Å². The second-order valence-electron chi connectivity index (χ2n) is 4.12. The van der Waals surface area contributed by atoms with Crippen LogP contribution in [0.1, 0.15) is 12.5 Å². The lowest BCUT2D eigenvalue weighted by atomic mass is 10.1. The van der Waals surface area contributed by atoms with Crippen LogP contribution in [0, 0.1) is 0 Å². The molecule has 0 atom stereocenters. The van der Waals surface area contributed by atoms with Crippen LogP contribution in [0.5, 0.6) is 0 Å². The van der Waals surface area contributed by atoms with Gasteiger partial charge in [-0.05, 0) is 29.7 Å². The van der Waals surface area contributed by atoms with E-state index in [1.165, 1.54) is 0 Å². The average molecular weight is 293 g/mol. The van der Waals surface area contributed by atoms with Crippen molar-refractivity contribution in [1.29, 1.82) is 0 Å². The molecular formula is C13H10Cl2N4. The molecule has 6 heteroatoms. The summed E-state index contributed by atoms with van der Waals surface area (Å²) in [7, 11) is 0. The number of rotatable bonds is 2. The molecule has 1 N–H and O–H groups in total. The number of aryl methyl sites for hydroxylation is 1. The monoisotopic (exact) mass is 292 g/mol. The van der Waals surface area contributed by atoms with Crippen molar-refractivity contribution in [2.24, 2.45) is 0 Å². The van der Waals surface area contributed by atoms with E-state index >= 15 is 0 Å². The molecule has 0 radical (unpaired) electrons. The first-order valence-electron chi connectivity index (χ1n) is 5.83. The first-order chi connectivity index (χ1) is 9.19. The molecule has 0 spiro atoms. The maximum Gasteiger partial charge on any atom is 0.222 e. The zero-order valence-electron chi connectivity index (χ0n) is 10.1. The molecule has 0 amide bonds. The van der Waals surface area contributed by atoms with Gasteiger partial charge in [0.25, 0.3) is 0 Å². The van der Waals surface area contributed by atoms with Gasteiger partial charge in [0.15, 0.2) is 0 Å². The Hall–Kier alpha value is -1.65. The van der Waals surface area contributed by atoms with Crippen molar-refractivity contribution in [3.63, 3.8) is 0 Å². The third kappa shape index (κ3) is 2.17. The number of hydrogen-bond acceptors (Lipinski definition) is 3. The number of H-pyrrole nitrogens is 1. The largest absolute Gasteiger partial charge is 0.345 e. The minimum Gasteiger partial charge on any atom is -0.345 e. The third-order valence-corrected chi connectivity index (χ3v) is 3.36. The van der Waals surface area contributed by atoms with Gasteiger partial charge in [0.05, 0.1) is 10.7 Å². The van der Waals surface area contributed by atoms with Crippen LogP contribution in [0.2, 0.25) is 10.3 Å². The van der Waals surface area contributed by atoms with Gasteiger partial charge in [-0.25, -0.2) is 15.0 Å². The van der Waals surface area contributed by atoms with Gasteiger partial charge >= 0.3 is 0 Å². The molecule has 3 rings (SSSR count). The van der Waals surface area contributed by atoms with Crippen molar-refractivity contribution in [3.8, 4) is 11.3 Å². The van der Waals surface area contributed by atoms with Gasteiger partial charge in [-0.15, -0.1) is 0 Å². The molecule has 96 valence electrons. The van der Waals surface area contributed by atoms with Gasteiger partial charge in [-0.1, -0.05) is 18.5 Å². The van der Waals surface area contributed by atoms with E-state index in [4.69, 9.17) is 23.2 Å². The maximum atomic E-state index is 6.00. The molecule has 0 aliphatic carbocycles. The molecule has 0 aromatic carbocycles. The van der Waals surface area contributed by atoms with Gasteiger partial charge in [0, 0.05) is 29.5 Å². The molecule has 0 saturated carbocycles. The lowest BCUT2D eigenvalue weighted by molar-refractivity contribution is 1.05. The predicted octanol–water partition coefficient (Wildman–Crippen LogP) is 3.89. The van der Waals surface area contributed by atoms with Gasteiger partial charge in [0.2, 0.25) is 5.28 Å². The van der Waals surface area contributed by atoms with Crippen molar-refractivity contribution in [2.75, 3.05) is 0 Å². The number of fused-ring (bicyclic) bond motifs is 1. The molecule has 0 unspecified atom stereocenters. The minimum absolute atomic E-state index is 0.233. The Morgan fingerprint density at radius 3 is 2.84 bits per heavy atom. The second kappa shape index (κ2) is 4.79. The molecule has 0 fully saturated rings. The number of halogens is 2. The number of pyridine rings is 1.